The minimum absolute atomic E-state index is 0.864. The molecule has 0 bridgehead atoms. The van der Waals surface area contributed by atoms with Crippen LogP contribution in [0, 0.1) is 11.8 Å². The van der Waals surface area contributed by atoms with Crippen molar-refractivity contribution in [1.29, 1.82) is 0 Å². The minimum Gasteiger partial charge on any atom is -0.103 e. The molecule has 0 aromatic rings. The zero-order valence-electron chi connectivity index (χ0n) is 6.72. The van der Waals surface area contributed by atoms with Gasteiger partial charge in [-0.1, -0.05) is 25.2 Å². The summed E-state index contributed by atoms with van der Waals surface area (Å²) in [6, 6.07) is 0. The zero-order chi connectivity index (χ0) is 7.40. The van der Waals surface area contributed by atoms with Gasteiger partial charge in [0.2, 0.25) is 0 Å². The highest BCUT2D eigenvalue weighted by Gasteiger charge is 2.16. The molecule has 10 heavy (non-hydrogen) atoms. The van der Waals surface area contributed by atoms with Crippen LogP contribution in [-0.2, 0) is 0 Å². The quantitative estimate of drug-likeness (QED) is 0.521. The average molecular weight is 136 g/mol. The Hall–Kier alpha value is -0.520. The van der Waals surface area contributed by atoms with E-state index in [2.05, 4.69) is 25.7 Å². The van der Waals surface area contributed by atoms with Gasteiger partial charge in [-0.3, -0.25) is 0 Å². The number of rotatable bonds is 4. The molecule has 0 aromatic heterocycles. The van der Waals surface area contributed by atoms with E-state index in [1.807, 2.05) is 6.08 Å². The highest BCUT2D eigenvalue weighted by atomic mass is 14.2. The predicted octanol–water partition coefficient (Wildman–Crippen LogP) is 3.16. The van der Waals surface area contributed by atoms with E-state index in [0.717, 1.165) is 11.8 Å². The molecular formula is C10H16. The second-order valence-corrected chi connectivity index (χ2v) is 3.17. The molecule has 1 aliphatic rings. The minimum atomic E-state index is 0.864. The molecular weight excluding hydrogens is 120 g/mol. The number of hydrogen-bond donors (Lipinski definition) is 0. The van der Waals surface area contributed by atoms with Gasteiger partial charge in [0.15, 0.2) is 0 Å². The van der Waals surface area contributed by atoms with Crippen LogP contribution in [0.1, 0.15) is 26.2 Å². The Morgan fingerprint density at radius 1 is 1.80 bits per heavy atom. The summed E-state index contributed by atoms with van der Waals surface area (Å²) < 4.78 is 0. The Kier molecular flexibility index (Phi) is 2.73. The maximum atomic E-state index is 3.72. The van der Waals surface area contributed by atoms with Crippen molar-refractivity contribution in [2.75, 3.05) is 0 Å². The average Bonchev–Trinajstić information content (AvgIpc) is 1.79. The van der Waals surface area contributed by atoms with Gasteiger partial charge in [0.05, 0.1) is 0 Å². The third kappa shape index (κ3) is 1.73. The summed E-state index contributed by atoms with van der Waals surface area (Å²) in [6.45, 7) is 6.05. The van der Waals surface area contributed by atoms with E-state index in [9.17, 15) is 0 Å². The summed E-state index contributed by atoms with van der Waals surface area (Å²) in [5.41, 5.74) is 0. The summed E-state index contributed by atoms with van der Waals surface area (Å²) in [7, 11) is 0. The maximum absolute atomic E-state index is 3.72. The van der Waals surface area contributed by atoms with Gasteiger partial charge in [-0.05, 0) is 31.1 Å². The summed E-state index contributed by atoms with van der Waals surface area (Å²) in [5.74, 6) is 1.74. The van der Waals surface area contributed by atoms with Crippen molar-refractivity contribution < 1.29 is 0 Å². The van der Waals surface area contributed by atoms with E-state index in [1.54, 1.807) is 0 Å². The maximum Gasteiger partial charge on any atom is -0.0173 e. The van der Waals surface area contributed by atoms with Crippen molar-refractivity contribution in [3.05, 3.63) is 24.8 Å². The summed E-state index contributed by atoms with van der Waals surface area (Å²) in [4.78, 5) is 0. The molecule has 0 radical (unpaired) electrons. The third-order valence-corrected chi connectivity index (χ3v) is 2.35. The van der Waals surface area contributed by atoms with Crippen LogP contribution in [0.5, 0.6) is 0 Å². The lowest BCUT2D eigenvalue weighted by atomic mass is 9.81. The van der Waals surface area contributed by atoms with Crippen molar-refractivity contribution in [2.24, 2.45) is 11.8 Å². The number of allylic oxidation sites excluding steroid dienone is 3. The van der Waals surface area contributed by atoms with Gasteiger partial charge < -0.3 is 0 Å². The molecule has 0 aromatic carbocycles. The molecule has 1 rings (SSSR count). The smallest absolute Gasteiger partial charge is 0.0173 e. The fourth-order valence-corrected chi connectivity index (χ4v) is 1.31. The predicted molar refractivity (Wildman–Crippen MR) is 45.8 cm³/mol. The van der Waals surface area contributed by atoms with Gasteiger partial charge >= 0.3 is 0 Å². The van der Waals surface area contributed by atoms with Gasteiger partial charge in [0, 0.05) is 0 Å². The van der Waals surface area contributed by atoms with E-state index in [1.165, 1.54) is 19.3 Å². The first-order valence-electron chi connectivity index (χ1n) is 4.12. The van der Waals surface area contributed by atoms with Crippen LogP contribution in [0.15, 0.2) is 24.8 Å². The summed E-state index contributed by atoms with van der Waals surface area (Å²) in [5, 5.41) is 0. The largest absolute Gasteiger partial charge is 0.103 e. The van der Waals surface area contributed by atoms with Crippen LogP contribution in [0.25, 0.3) is 0 Å². The standard InChI is InChI=1S/C10H16/c1-3-4-6-9(2)10-7-5-8-10/h3,5,7,9-10H,1,4,6,8H2,2H3. The Balaban J connectivity index is 2.14. The second kappa shape index (κ2) is 3.60. The Bertz CT molecular complexity index is 133. The molecule has 0 spiro atoms. The first-order chi connectivity index (χ1) is 4.84. The van der Waals surface area contributed by atoms with Crippen LogP contribution < -0.4 is 0 Å². The van der Waals surface area contributed by atoms with Crippen LogP contribution in [0.3, 0.4) is 0 Å². The topological polar surface area (TPSA) is 0 Å². The van der Waals surface area contributed by atoms with Gasteiger partial charge in [0.1, 0.15) is 0 Å². The van der Waals surface area contributed by atoms with Gasteiger partial charge in [-0.2, -0.15) is 0 Å². The molecule has 2 atom stereocenters. The van der Waals surface area contributed by atoms with Gasteiger partial charge in [-0.15, -0.1) is 6.58 Å². The van der Waals surface area contributed by atoms with E-state index in [0.29, 0.717) is 0 Å². The molecule has 0 heteroatoms. The molecule has 0 aliphatic heterocycles. The molecule has 0 fully saturated rings. The van der Waals surface area contributed by atoms with Crippen LogP contribution in [-0.4, -0.2) is 0 Å². The van der Waals surface area contributed by atoms with Crippen molar-refractivity contribution in [1.82, 2.24) is 0 Å². The summed E-state index contributed by atoms with van der Waals surface area (Å²) >= 11 is 0. The van der Waals surface area contributed by atoms with Crippen molar-refractivity contribution >= 4 is 0 Å². The molecule has 1 aliphatic carbocycles. The monoisotopic (exact) mass is 136 g/mol. The van der Waals surface area contributed by atoms with E-state index in [-0.39, 0.29) is 0 Å². The van der Waals surface area contributed by atoms with Crippen LogP contribution in [0.4, 0.5) is 0 Å². The van der Waals surface area contributed by atoms with Crippen molar-refractivity contribution in [3.63, 3.8) is 0 Å². The molecule has 0 N–H and O–H groups in total. The molecule has 0 saturated carbocycles. The summed E-state index contributed by atoms with van der Waals surface area (Å²) in [6.07, 6.45) is 10.4. The zero-order valence-corrected chi connectivity index (χ0v) is 6.72. The first-order valence-corrected chi connectivity index (χ1v) is 4.12. The Morgan fingerprint density at radius 3 is 2.90 bits per heavy atom. The van der Waals surface area contributed by atoms with Crippen molar-refractivity contribution in [3.8, 4) is 0 Å². The molecule has 56 valence electrons. The lowest BCUT2D eigenvalue weighted by molar-refractivity contribution is 0.383. The molecule has 0 nitrogen and oxygen atoms in total. The van der Waals surface area contributed by atoms with Crippen LogP contribution >= 0.6 is 0 Å². The van der Waals surface area contributed by atoms with Gasteiger partial charge in [0.25, 0.3) is 0 Å². The Morgan fingerprint density at radius 2 is 2.50 bits per heavy atom. The highest BCUT2D eigenvalue weighted by molar-refractivity contribution is 5.03. The third-order valence-electron chi connectivity index (χ3n) is 2.35. The highest BCUT2D eigenvalue weighted by Crippen LogP contribution is 2.28. The molecule has 0 amide bonds. The number of hydrogen-bond acceptors (Lipinski definition) is 0. The fraction of sp³-hybridized carbons (Fsp3) is 0.600. The van der Waals surface area contributed by atoms with E-state index >= 15 is 0 Å². The van der Waals surface area contributed by atoms with E-state index < -0.39 is 0 Å². The van der Waals surface area contributed by atoms with E-state index in [4.69, 9.17) is 0 Å². The lowest BCUT2D eigenvalue weighted by Crippen LogP contribution is -2.13. The normalized spacial score (nSPS) is 25.5. The Labute approximate surface area is 63.6 Å². The molecule has 0 saturated heterocycles. The lowest BCUT2D eigenvalue weighted by Gasteiger charge is -2.24. The van der Waals surface area contributed by atoms with Gasteiger partial charge in [-0.25, -0.2) is 0 Å². The second-order valence-electron chi connectivity index (χ2n) is 3.17. The fourth-order valence-electron chi connectivity index (χ4n) is 1.31. The van der Waals surface area contributed by atoms with Crippen molar-refractivity contribution in [2.45, 2.75) is 26.2 Å². The molecule has 2 unspecified atom stereocenters. The SMILES string of the molecule is C=CCCC(C)C1C=CC1. The molecule has 0 heterocycles. The first kappa shape index (κ1) is 7.59. The van der Waals surface area contributed by atoms with Crippen LogP contribution in [0.2, 0.25) is 0 Å².